The molecule has 0 spiro atoms. The number of ketones is 1. The highest BCUT2D eigenvalue weighted by molar-refractivity contribution is 5.85. The number of benzene rings is 1. The first-order valence-corrected chi connectivity index (χ1v) is 6.09. The fourth-order valence-corrected chi connectivity index (χ4v) is 2.39. The van der Waals surface area contributed by atoms with E-state index in [9.17, 15) is 9.59 Å². The second kappa shape index (κ2) is 4.80. The van der Waals surface area contributed by atoms with E-state index in [1.54, 1.807) is 4.90 Å². The molecule has 4 heteroatoms. The molecule has 1 heterocycles. The van der Waals surface area contributed by atoms with Crippen molar-refractivity contribution >= 4 is 11.8 Å². The van der Waals surface area contributed by atoms with Crippen molar-refractivity contribution in [1.29, 1.82) is 0 Å². The van der Waals surface area contributed by atoms with Gasteiger partial charge in [0, 0.05) is 6.54 Å². The van der Waals surface area contributed by atoms with Crippen LogP contribution in [0.5, 0.6) is 0 Å². The zero-order valence-corrected chi connectivity index (χ0v) is 11.0. The second-order valence-electron chi connectivity index (χ2n) is 4.94. The van der Waals surface area contributed by atoms with E-state index >= 15 is 0 Å². The lowest BCUT2D eigenvalue weighted by Crippen LogP contribution is -2.32. The first kappa shape index (κ1) is 12.6. The maximum atomic E-state index is 11.7. The molecule has 1 N–H and O–H groups in total. The number of hydrogen-bond donors (Lipinski definition) is 1. The Labute approximate surface area is 107 Å². The van der Waals surface area contributed by atoms with Crippen molar-refractivity contribution in [2.75, 3.05) is 13.1 Å². The number of nitrogens with zero attached hydrogens (tertiary/aromatic N) is 1. The van der Waals surface area contributed by atoms with Gasteiger partial charge in [0.15, 0.2) is 0 Å². The lowest BCUT2D eigenvalue weighted by Gasteiger charge is -2.14. The molecule has 1 saturated heterocycles. The van der Waals surface area contributed by atoms with Gasteiger partial charge in [-0.1, -0.05) is 23.8 Å². The molecular weight excluding hydrogens is 228 g/mol. The third-order valence-electron chi connectivity index (χ3n) is 3.20. The van der Waals surface area contributed by atoms with Crippen molar-refractivity contribution in [3.05, 3.63) is 34.9 Å². The zero-order chi connectivity index (χ0) is 13.3. The van der Waals surface area contributed by atoms with Gasteiger partial charge in [-0.25, -0.2) is 4.79 Å². The minimum atomic E-state index is -0.157. The van der Waals surface area contributed by atoms with E-state index in [-0.39, 0.29) is 24.4 Å². The van der Waals surface area contributed by atoms with Crippen LogP contribution in [0.1, 0.15) is 29.7 Å². The van der Waals surface area contributed by atoms with Gasteiger partial charge < -0.3 is 10.2 Å². The zero-order valence-electron chi connectivity index (χ0n) is 11.0. The van der Waals surface area contributed by atoms with E-state index in [0.717, 1.165) is 5.56 Å². The van der Waals surface area contributed by atoms with Gasteiger partial charge in [-0.3, -0.25) is 4.79 Å². The SMILES string of the molecule is CC(=O)CN1CC(c2ccc(C)cc2C)NC1=O. The monoisotopic (exact) mass is 246 g/mol. The van der Waals surface area contributed by atoms with E-state index in [1.165, 1.54) is 18.1 Å². The highest BCUT2D eigenvalue weighted by Crippen LogP contribution is 2.23. The van der Waals surface area contributed by atoms with E-state index in [4.69, 9.17) is 0 Å². The summed E-state index contributed by atoms with van der Waals surface area (Å²) < 4.78 is 0. The van der Waals surface area contributed by atoms with Crippen molar-refractivity contribution in [2.24, 2.45) is 0 Å². The van der Waals surface area contributed by atoms with Crippen LogP contribution in [0.3, 0.4) is 0 Å². The maximum absolute atomic E-state index is 11.7. The molecule has 1 aromatic carbocycles. The summed E-state index contributed by atoms with van der Waals surface area (Å²) in [4.78, 5) is 24.4. The highest BCUT2D eigenvalue weighted by atomic mass is 16.2. The Hall–Kier alpha value is -1.84. The molecule has 1 fully saturated rings. The molecule has 1 aliphatic rings. The Kier molecular flexibility index (Phi) is 3.36. The van der Waals surface area contributed by atoms with Crippen molar-refractivity contribution in [2.45, 2.75) is 26.8 Å². The van der Waals surface area contributed by atoms with Crippen LogP contribution >= 0.6 is 0 Å². The predicted molar refractivity (Wildman–Crippen MR) is 69.4 cm³/mol. The number of hydrogen-bond acceptors (Lipinski definition) is 2. The van der Waals surface area contributed by atoms with Crippen molar-refractivity contribution in [3.8, 4) is 0 Å². The summed E-state index contributed by atoms with van der Waals surface area (Å²) in [5, 5.41) is 2.92. The van der Waals surface area contributed by atoms with Gasteiger partial charge in [0.05, 0.1) is 12.6 Å². The van der Waals surface area contributed by atoms with E-state index in [1.807, 2.05) is 26.0 Å². The van der Waals surface area contributed by atoms with Crippen LogP contribution in [0.15, 0.2) is 18.2 Å². The molecule has 0 radical (unpaired) electrons. The molecule has 4 nitrogen and oxygen atoms in total. The fraction of sp³-hybridized carbons (Fsp3) is 0.429. The number of nitrogens with one attached hydrogen (secondary N) is 1. The topological polar surface area (TPSA) is 49.4 Å². The summed E-state index contributed by atoms with van der Waals surface area (Å²) in [7, 11) is 0. The predicted octanol–water partition coefficient (Wildman–Crippen LogP) is 1.96. The molecule has 2 rings (SSSR count). The smallest absolute Gasteiger partial charge is 0.318 e. The summed E-state index contributed by atoms with van der Waals surface area (Å²) in [5.74, 6) is 0.00595. The van der Waals surface area contributed by atoms with Crippen LogP contribution in [0.25, 0.3) is 0 Å². The Morgan fingerprint density at radius 2 is 2.17 bits per heavy atom. The first-order chi connectivity index (χ1) is 8.47. The summed E-state index contributed by atoms with van der Waals surface area (Å²) in [5.41, 5.74) is 3.51. The van der Waals surface area contributed by atoms with Gasteiger partial charge >= 0.3 is 6.03 Å². The van der Waals surface area contributed by atoms with Crippen LogP contribution in [0, 0.1) is 13.8 Å². The minimum absolute atomic E-state index is 0.00595. The first-order valence-electron chi connectivity index (χ1n) is 6.09. The molecule has 2 amide bonds. The number of urea groups is 1. The molecule has 0 aliphatic carbocycles. The van der Waals surface area contributed by atoms with Crippen LogP contribution in [-0.2, 0) is 4.79 Å². The van der Waals surface area contributed by atoms with Gasteiger partial charge in [0.1, 0.15) is 5.78 Å². The molecule has 1 aromatic rings. The molecular formula is C14H18N2O2. The average Bonchev–Trinajstić information content (AvgIpc) is 2.59. The molecule has 1 atom stereocenters. The third kappa shape index (κ3) is 2.53. The molecule has 0 bridgehead atoms. The second-order valence-corrected chi connectivity index (χ2v) is 4.94. The minimum Gasteiger partial charge on any atom is -0.329 e. The van der Waals surface area contributed by atoms with Crippen molar-refractivity contribution in [3.63, 3.8) is 0 Å². The van der Waals surface area contributed by atoms with Gasteiger partial charge in [-0.2, -0.15) is 0 Å². The summed E-state index contributed by atoms with van der Waals surface area (Å²) in [6.45, 7) is 6.33. The molecule has 1 unspecified atom stereocenters. The highest BCUT2D eigenvalue weighted by Gasteiger charge is 2.30. The molecule has 0 saturated carbocycles. The van der Waals surface area contributed by atoms with Crippen LogP contribution in [0.2, 0.25) is 0 Å². The van der Waals surface area contributed by atoms with Crippen molar-refractivity contribution < 1.29 is 9.59 Å². The van der Waals surface area contributed by atoms with Gasteiger partial charge in [-0.15, -0.1) is 0 Å². The largest absolute Gasteiger partial charge is 0.329 e. The Bertz CT molecular complexity index is 497. The average molecular weight is 246 g/mol. The van der Waals surface area contributed by atoms with E-state index in [2.05, 4.69) is 11.4 Å². The lowest BCUT2D eigenvalue weighted by atomic mass is 10.00. The quantitative estimate of drug-likeness (QED) is 0.886. The van der Waals surface area contributed by atoms with Gasteiger partial charge in [0.2, 0.25) is 0 Å². The lowest BCUT2D eigenvalue weighted by molar-refractivity contribution is -0.117. The fourth-order valence-electron chi connectivity index (χ4n) is 2.39. The Balaban J connectivity index is 2.16. The maximum Gasteiger partial charge on any atom is 0.318 e. The molecule has 96 valence electrons. The molecule has 18 heavy (non-hydrogen) atoms. The summed E-state index contributed by atoms with van der Waals surface area (Å²) in [6, 6.07) is 6.03. The summed E-state index contributed by atoms with van der Waals surface area (Å²) >= 11 is 0. The van der Waals surface area contributed by atoms with Gasteiger partial charge in [-0.05, 0) is 31.9 Å². The number of carbonyl (C=O) groups is 2. The molecule has 1 aliphatic heterocycles. The van der Waals surface area contributed by atoms with Gasteiger partial charge in [0.25, 0.3) is 0 Å². The normalized spacial score (nSPS) is 18.9. The Morgan fingerprint density at radius 1 is 1.44 bits per heavy atom. The number of amides is 2. The van der Waals surface area contributed by atoms with E-state index < -0.39 is 0 Å². The van der Waals surface area contributed by atoms with Crippen molar-refractivity contribution in [1.82, 2.24) is 10.2 Å². The number of aryl methyl sites for hydroxylation is 2. The number of Topliss-reactive ketones (excluding diaryl/α,β-unsaturated/α-hetero) is 1. The number of rotatable bonds is 3. The van der Waals surface area contributed by atoms with Crippen LogP contribution in [0.4, 0.5) is 4.79 Å². The molecule has 0 aromatic heterocycles. The Morgan fingerprint density at radius 3 is 2.78 bits per heavy atom. The van der Waals surface area contributed by atoms with Crippen LogP contribution in [-0.4, -0.2) is 29.8 Å². The standard InChI is InChI=1S/C14H18N2O2/c1-9-4-5-12(10(2)6-9)13-8-16(7-11(3)17)14(18)15-13/h4-6,13H,7-8H2,1-3H3,(H,15,18). The van der Waals surface area contributed by atoms with E-state index in [0.29, 0.717) is 6.54 Å². The summed E-state index contributed by atoms with van der Waals surface area (Å²) in [6.07, 6.45) is 0. The van der Waals surface area contributed by atoms with Crippen LogP contribution < -0.4 is 5.32 Å². The number of carbonyl (C=O) groups excluding carboxylic acids is 2. The third-order valence-corrected chi connectivity index (χ3v) is 3.20.